The molecule has 9 heteroatoms. The van der Waals surface area contributed by atoms with E-state index in [0.29, 0.717) is 57.5 Å². The van der Waals surface area contributed by atoms with E-state index in [4.69, 9.17) is 11.2 Å². The maximum atomic E-state index is 12.2. The number of ether oxygens (including phenoxy) is 1. The van der Waals surface area contributed by atoms with Crippen molar-refractivity contribution in [1.82, 2.24) is 9.88 Å². The van der Waals surface area contributed by atoms with Gasteiger partial charge in [-0.05, 0) is 12.1 Å². The molecule has 1 N–H and O–H groups in total. The van der Waals surface area contributed by atoms with Gasteiger partial charge in [-0.2, -0.15) is 10.2 Å². The van der Waals surface area contributed by atoms with Crippen LogP contribution in [-0.4, -0.2) is 60.8 Å². The second-order valence-corrected chi connectivity index (χ2v) is 6.78. The number of hydrogen-bond acceptors (Lipinski definition) is 7. The maximum absolute atomic E-state index is 12.2. The van der Waals surface area contributed by atoms with Crippen molar-refractivity contribution in [2.75, 3.05) is 43.5 Å². The summed E-state index contributed by atoms with van der Waals surface area (Å²) in [6.45, 7) is 2.54. The number of rotatable bonds is 7. The van der Waals surface area contributed by atoms with Gasteiger partial charge >= 0.3 is 6.09 Å². The highest BCUT2D eigenvalue weighted by Crippen LogP contribution is 2.37. The lowest BCUT2D eigenvalue weighted by atomic mass is 10.0. The Morgan fingerprint density at radius 2 is 2.00 bits per heavy atom. The van der Waals surface area contributed by atoms with Gasteiger partial charge in [0.1, 0.15) is 5.82 Å². The fourth-order valence-electron chi connectivity index (χ4n) is 3.10. The van der Waals surface area contributed by atoms with Gasteiger partial charge in [-0.25, -0.2) is 9.78 Å². The van der Waals surface area contributed by atoms with Crippen LogP contribution in [0.5, 0.6) is 0 Å². The highest BCUT2D eigenvalue weighted by Gasteiger charge is 2.39. The molecule has 0 saturated carbocycles. The smallest absolute Gasteiger partial charge is 0.409 e. The number of carbonyl (C=O) groups excluding carboxylic acids is 2. The van der Waals surface area contributed by atoms with E-state index in [9.17, 15) is 9.59 Å². The first kappa shape index (κ1) is 19.6. The normalized spacial score (nSPS) is 17.0. The molecule has 1 saturated heterocycles. The summed E-state index contributed by atoms with van der Waals surface area (Å²) in [7, 11) is 1.38. The van der Waals surface area contributed by atoms with Crippen molar-refractivity contribution in [2.24, 2.45) is 10.2 Å². The van der Waals surface area contributed by atoms with E-state index < -0.39 is 5.66 Å². The van der Waals surface area contributed by atoms with Gasteiger partial charge in [0.2, 0.25) is 5.91 Å². The first-order valence-electron chi connectivity index (χ1n) is 9.26. The molecule has 0 radical (unpaired) electrons. The highest BCUT2D eigenvalue weighted by molar-refractivity contribution is 5.90. The number of hydrogen-bond donors (Lipinski definition) is 1. The molecular formula is C19H24N6O3. The molecule has 0 aliphatic carbocycles. The van der Waals surface area contributed by atoms with Crippen LogP contribution in [0.25, 0.3) is 0 Å². The summed E-state index contributed by atoms with van der Waals surface area (Å²) in [6.07, 6.45) is 8.79. The van der Waals surface area contributed by atoms with Crippen molar-refractivity contribution in [3.63, 3.8) is 0 Å². The van der Waals surface area contributed by atoms with Crippen molar-refractivity contribution in [3.05, 3.63) is 18.3 Å². The zero-order valence-electron chi connectivity index (χ0n) is 15.9. The zero-order valence-corrected chi connectivity index (χ0v) is 15.9. The van der Waals surface area contributed by atoms with Crippen molar-refractivity contribution in [1.29, 1.82) is 0 Å². The Morgan fingerprint density at radius 1 is 1.25 bits per heavy atom. The molecule has 0 bridgehead atoms. The van der Waals surface area contributed by atoms with Crippen LogP contribution in [0.3, 0.4) is 0 Å². The number of aromatic nitrogens is 1. The second-order valence-electron chi connectivity index (χ2n) is 6.78. The lowest BCUT2D eigenvalue weighted by Gasteiger charge is -2.34. The summed E-state index contributed by atoms with van der Waals surface area (Å²) in [5.74, 6) is 3.29. The SMILES string of the molecule is C#CCCC1(CCC(=O)Nc2ccc(N3CCN(C(=O)OC)CC3)nc2)N=N1. The third-order valence-corrected chi connectivity index (χ3v) is 4.87. The molecule has 0 atom stereocenters. The zero-order chi connectivity index (χ0) is 20.0. The van der Waals surface area contributed by atoms with E-state index in [1.54, 1.807) is 11.1 Å². The van der Waals surface area contributed by atoms with E-state index in [1.165, 1.54) is 7.11 Å². The lowest BCUT2D eigenvalue weighted by Crippen LogP contribution is -2.49. The lowest BCUT2D eigenvalue weighted by molar-refractivity contribution is -0.116. The predicted molar refractivity (Wildman–Crippen MR) is 104 cm³/mol. The first-order valence-corrected chi connectivity index (χ1v) is 9.26. The van der Waals surface area contributed by atoms with Crippen LogP contribution < -0.4 is 10.2 Å². The molecule has 2 aliphatic heterocycles. The van der Waals surface area contributed by atoms with Gasteiger partial charge < -0.3 is 19.9 Å². The van der Waals surface area contributed by atoms with Crippen molar-refractivity contribution >= 4 is 23.5 Å². The highest BCUT2D eigenvalue weighted by atomic mass is 16.5. The molecule has 2 aliphatic rings. The summed E-state index contributed by atoms with van der Waals surface area (Å²) < 4.78 is 4.74. The molecule has 28 heavy (non-hydrogen) atoms. The number of pyridine rings is 1. The maximum Gasteiger partial charge on any atom is 0.409 e. The van der Waals surface area contributed by atoms with E-state index in [1.807, 2.05) is 12.1 Å². The fourth-order valence-corrected chi connectivity index (χ4v) is 3.10. The Hall–Kier alpha value is -3.15. The third kappa shape index (κ3) is 4.97. The molecule has 1 aromatic rings. The van der Waals surface area contributed by atoms with Gasteiger partial charge in [-0.1, -0.05) is 0 Å². The monoisotopic (exact) mass is 384 g/mol. The van der Waals surface area contributed by atoms with Gasteiger partial charge in [-0.15, -0.1) is 12.3 Å². The molecule has 1 aromatic heterocycles. The molecule has 0 aromatic carbocycles. The van der Waals surface area contributed by atoms with Crippen LogP contribution in [0.1, 0.15) is 25.7 Å². The average molecular weight is 384 g/mol. The number of amides is 2. The number of nitrogens with zero attached hydrogens (tertiary/aromatic N) is 5. The number of anilines is 2. The summed E-state index contributed by atoms with van der Waals surface area (Å²) >= 11 is 0. The van der Waals surface area contributed by atoms with Crippen molar-refractivity contribution in [3.8, 4) is 12.3 Å². The summed E-state index contributed by atoms with van der Waals surface area (Å²) in [6, 6.07) is 3.69. The predicted octanol–water partition coefficient (Wildman–Crippen LogP) is 2.26. The molecule has 2 amide bonds. The minimum atomic E-state index is -0.446. The van der Waals surface area contributed by atoms with Crippen LogP contribution in [0.2, 0.25) is 0 Å². The van der Waals surface area contributed by atoms with Crippen LogP contribution in [0, 0.1) is 12.3 Å². The molecule has 3 heterocycles. The Balaban J connectivity index is 1.44. The topological polar surface area (TPSA) is 99.5 Å². The molecule has 3 rings (SSSR count). The molecule has 0 unspecified atom stereocenters. The van der Waals surface area contributed by atoms with Crippen LogP contribution in [-0.2, 0) is 9.53 Å². The Labute approximate surface area is 164 Å². The van der Waals surface area contributed by atoms with E-state index in [-0.39, 0.29) is 12.0 Å². The molecular weight excluding hydrogens is 360 g/mol. The van der Waals surface area contributed by atoms with E-state index >= 15 is 0 Å². The van der Waals surface area contributed by atoms with E-state index in [2.05, 4.69) is 31.3 Å². The molecule has 148 valence electrons. The molecule has 0 spiro atoms. The van der Waals surface area contributed by atoms with Crippen molar-refractivity contribution in [2.45, 2.75) is 31.3 Å². The summed E-state index contributed by atoms with van der Waals surface area (Å²) in [4.78, 5) is 31.9. The molecule has 1 fully saturated rings. The number of methoxy groups -OCH3 is 1. The van der Waals surface area contributed by atoms with Gasteiger partial charge in [0, 0.05) is 51.9 Å². The van der Waals surface area contributed by atoms with Crippen LogP contribution in [0.15, 0.2) is 28.6 Å². The number of piperazine rings is 1. The second kappa shape index (κ2) is 8.69. The van der Waals surface area contributed by atoms with Gasteiger partial charge in [0.05, 0.1) is 19.0 Å². The van der Waals surface area contributed by atoms with Crippen LogP contribution in [0.4, 0.5) is 16.3 Å². The Kier molecular flexibility index (Phi) is 6.09. The largest absolute Gasteiger partial charge is 0.453 e. The summed E-state index contributed by atoms with van der Waals surface area (Å²) in [5, 5.41) is 10.9. The first-order chi connectivity index (χ1) is 13.5. The van der Waals surface area contributed by atoms with E-state index in [0.717, 1.165) is 5.82 Å². The quantitative estimate of drug-likeness (QED) is 0.727. The fraction of sp³-hybridized carbons (Fsp3) is 0.526. The Bertz CT molecular complexity index is 772. The van der Waals surface area contributed by atoms with Gasteiger partial charge in [0.15, 0.2) is 5.66 Å². The van der Waals surface area contributed by atoms with Crippen molar-refractivity contribution < 1.29 is 14.3 Å². The minimum Gasteiger partial charge on any atom is -0.453 e. The van der Waals surface area contributed by atoms with Gasteiger partial charge in [-0.3, -0.25) is 4.79 Å². The van der Waals surface area contributed by atoms with Crippen LogP contribution >= 0.6 is 0 Å². The number of terminal acetylenes is 1. The number of carbonyl (C=O) groups is 2. The molecule has 9 nitrogen and oxygen atoms in total. The third-order valence-electron chi connectivity index (χ3n) is 4.87. The average Bonchev–Trinajstić information content (AvgIpc) is 3.51. The number of nitrogens with one attached hydrogen (secondary N) is 1. The standard InChI is InChI=1S/C19H24N6O3/c1-3-4-8-19(22-23-19)9-7-17(26)21-15-5-6-16(20-14-15)24-10-12-25(13-11-24)18(27)28-2/h1,5-6,14H,4,7-13H2,2H3,(H,21,26). The minimum absolute atomic E-state index is 0.0985. The Morgan fingerprint density at radius 3 is 2.57 bits per heavy atom. The summed E-state index contributed by atoms with van der Waals surface area (Å²) in [5.41, 5.74) is 0.197. The van der Waals surface area contributed by atoms with Gasteiger partial charge in [0.25, 0.3) is 0 Å².